The van der Waals surface area contributed by atoms with E-state index >= 15 is 0 Å². The summed E-state index contributed by atoms with van der Waals surface area (Å²) < 4.78 is 42.9. The lowest BCUT2D eigenvalue weighted by molar-refractivity contribution is -0.402. The van der Waals surface area contributed by atoms with Crippen molar-refractivity contribution in [3.8, 4) is 5.69 Å². The van der Waals surface area contributed by atoms with E-state index in [2.05, 4.69) is 78.1 Å². The predicted octanol–water partition coefficient (Wildman–Crippen LogP) is 4.29. The van der Waals surface area contributed by atoms with Crippen molar-refractivity contribution in [3.05, 3.63) is 65.5 Å². The number of benzene rings is 2. The summed E-state index contributed by atoms with van der Waals surface area (Å²) >= 11 is 0. The zero-order chi connectivity index (χ0) is 19.6. The molecule has 1 N–H and O–H groups in total. The fourth-order valence-electron chi connectivity index (χ4n) is 2.59. The minimum Gasteiger partial charge on any atom is -0.418 e. The SMILES string of the molecule is Cc1ccc(/C=[N+]2\Nc3nncn3-c3ccc(C)cc32)cc1.F[B-](F)(F)F. The topological polar surface area (TPSA) is 45.8 Å². The molecule has 0 unspecified atom stereocenters. The third-order valence-corrected chi connectivity index (χ3v) is 3.77. The largest absolute Gasteiger partial charge is 0.673 e. The maximum absolute atomic E-state index is 9.75. The Labute approximate surface area is 153 Å². The van der Waals surface area contributed by atoms with E-state index in [9.17, 15) is 17.3 Å². The Kier molecular flexibility index (Phi) is 4.98. The zero-order valence-corrected chi connectivity index (χ0v) is 14.6. The molecule has 0 radical (unpaired) electrons. The summed E-state index contributed by atoms with van der Waals surface area (Å²) in [4.78, 5) is 0. The van der Waals surface area contributed by atoms with E-state index < -0.39 is 7.25 Å². The van der Waals surface area contributed by atoms with Gasteiger partial charge in [0, 0.05) is 11.6 Å². The van der Waals surface area contributed by atoms with Gasteiger partial charge in [0.15, 0.2) is 0 Å². The van der Waals surface area contributed by atoms with Crippen LogP contribution in [0.4, 0.5) is 28.9 Å². The Morgan fingerprint density at radius 2 is 1.63 bits per heavy atom. The molecule has 2 aromatic carbocycles. The average Bonchev–Trinajstić information content (AvgIpc) is 3.04. The Bertz CT molecular complexity index is 974. The molecule has 0 saturated heterocycles. The van der Waals surface area contributed by atoms with Crippen molar-refractivity contribution in [1.82, 2.24) is 14.8 Å². The van der Waals surface area contributed by atoms with E-state index in [0.717, 1.165) is 16.9 Å². The van der Waals surface area contributed by atoms with Crippen LogP contribution in [-0.2, 0) is 0 Å². The van der Waals surface area contributed by atoms with E-state index in [4.69, 9.17) is 0 Å². The van der Waals surface area contributed by atoms with E-state index in [1.807, 2.05) is 9.25 Å². The first-order valence-electron chi connectivity index (χ1n) is 8.06. The minimum atomic E-state index is -6.00. The number of halogens is 4. The Morgan fingerprint density at radius 1 is 1.00 bits per heavy atom. The number of fused-ring (bicyclic) bond motifs is 3. The molecule has 1 aliphatic rings. The van der Waals surface area contributed by atoms with Crippen LogP contribution in [0.2, 0.25) is 0 Å². The first-order chi connectivity index (χ1) is 12.7. The molecule has 10 heteroatoms. The molecule has 1 aliphatic heterocycles. The van der Waals surface area contributed by atoms with Crippen molar-refractivity contribution < 1.29 is 21.9 Å². The molecule has 0 fully saturated rings. The molecule has 3 aromatic rings. The normalized spacial score (nSPS) is 13.9. The van der Waals surface area contributed by atoms with Gasteiger partial charge in [0.25, 0.3) is 11.6 Å². The molecule has 5 nitrogen and oxygen atoms in total. The number of nitrogens with one attached hydrogen (secondary N) is 1. The highest BCUT2D eigenvalue weighted by atomic mass is 19.5. The highest BCUT2D eigenvalue weighted by Crippen LogP contribution is 2.30. The van der Waals surface area contributed by atoms with Crippen LogP contribution in [0.3, 0.4) is 0 Å². The quantitative estimate of drug-likeness (QED) is 0.391. The lowest BCUT2D eigenvalue weighted by Crippen LogP contribution is -2.24. The van der Waals surface area contributed by atoms with Crippen molar-refractivity contribution in [1.29, 1.82) is 0 Å². The second kappa shape index (κ2) is 7.22. The molecule has 27 heavy (non-hydrogen) atoms. The number of aryl methyl sites for hydroxylation is 2. The lowest BCUT2D eigenvalue weighted by atomic mass is 10.1. The van der Waals surface area contributed by atoms with Crippen LogP contribution in [0.5, 0.6) is 0 Å². The number of hydrogen-bond acceptors (Lipinski definition) is 3. The Balaban J connectivity index is 0.000000376. The van der Waals surface area contributed by atoms with Crippen molar-refractivity contribution in [2.75, 3.05) is 5.43 Å². The van der Waals surface area contributed by atoms with E-state index in [1.54, 1.807) is 6.33 Å². The van der Waals surface area contributed by atoms with Crippen molar-refractivity contribution >= 4 is 25.1 Å². The summed E-state index contributed by atoms with van der Waals surface area (Å²) in [7, 11) is -6.00. The molecule has 0 amide bonds. The van der Waals surface area contributed by atoms with Gasteiger partial charge >= 0.3 is 7.25 Å². The average molecular weight is 377 g/mol. The van der Waals surface area contributed by atoms with E-state index in [-0.39, 0.29) is 0 Å². The summed E-state index contributed by atoms with van der Waals surface area (Å²) in [5.74, 6) is 0.708. The summed E-state index contributed by atoms with van der Waals surface area (Å²) in [5.41, 5.74) is 9.01. The van der Waals surface area contributed by atoms with Gasteiger partial charge in [-0.1, -0.05) is 28.4 Å². The molecule has 2 heterocycles. The molecule has 0 saturated carbocycles. The van der Waals surface area contributed by atoms with E-state index in [1.165, 1.54) is 11.1 Å². The van der Waals surface area contributed by atoms with E-state index in [0.29, 0.717) is 5.95 Å². The van der Waals surface area contributed by atoms with Crippen LogP contribution < -0.4 is 5.43 Å². The van der Waals surface area contributed by atoms with Gasteiger partial charge in [0.1, 0.15) is 12.0 Å². The number of hydrogen-bond donors (Lipinski definition) is 1. The molecule has 4 rings (SSSR count). The Hall–Kier alpha value is -3.17. The van der Waals surface area contributed by atoms with Crippen molar-refractivity contribution in [2.45, 2.75) is 13.8 Å². The highest BCUT2D eigenvalue weighted by molar-refractivity contribution is 6.50. The van der Waals surface area contributed by atoms with Crippen LogP contribution in [0.25, 0.3) is 5.69 Å². The lowest BCUT2D eigenvalue weighted by Gasteiger charge is -2.16. The second-order valence-corrected chi connectivity index (χ2v) is 6.03. The van der Waals surface area contributed by atoms with Gasteiger partial charge < -0.3 is 17.3 Å². The summed E-state index contributed by atoms with van der Waals surface area (Å²) in [6.07, 6.45) is 3.79. The van der Waals surface area contributed by atoms with Gasteiger partial charge in [-0.2, -0.15) is 0 Å². The second-order valence-electron chi connectivity index (χ2n) is 6.03. The van der Waals surface area contributed by atoms with Crippen LogP contribution in [0.1, 0.15) is 16.7 Å². The molecule has 0 spiro atoms. The number of rotatable bonds is 1. The van der Waals surface area contributed by atoms with Crippen LogP contribution in [-0.4, -0.2) is 32.9 Å². The van der Waals surface area contributed by atoms with Gasteiger partial charge in [0.05, 0.1) is 0 Å². The molecule has 1 aromatic heterocycles. The maximum atomic E-state index is 9.75. The molecule has 0 atom stereocenters. The Morgan fingerprint density at radius 3 is 2.30 bits per heavy atom. The number of nitrogens with zero attached hydrogens (tertiary/aromatic N) is 4. The fraction of sp³-hybridized carbons (Fsp3) is 0.118. The number of hydrazine groups is 1. The van der Waals surface area contributed by atoms with Gasteiger partial charge in [-0.05, 0) is 37.6 Å². The van der Waals surface area contributed by atoms with Crippen molar-refractivity contribution in [3.63, 3.8) is 0 Å². The minimum absolute atomic E-state index is 0.708. The number of hydrazone groups is 1. The zero-order valence-electron chi connectivity index (χ0n) is 14.6. The summed E-state index contributed by atoms with van der Waals surface area (Å²) in [5, 5.41) is 8.11. The number of anilines is 1. The highest BCUT2D eigenvalue weighted by Gasteiger charge is 2.27. The third-order valence-electron chi connectivity index (χ3n) is 3.77. The van der Waals surface area contributed by atoms with Crippen LogP contribution in [0, 0.1) is 13.8 Å². The maximum Gasteiger partial charge on any atom is 0.673 e. The van der Waals surface area contributed by atoms with Gasteiger partial charge in [0.2, 0.25) is 6.21 Å². The molecule has 140 valence electrons. The molecular weight excluding hydrogens is 361 g/mol. The third kappa shape index (κ3) is 4.72. The first-order valence-corrected chi connectivity index (χ1v) is 8.06. The van der Waals surface area contributed by atoms with Gasteiger partial charge in [-0.15, -0.1) is 15.6 Å². The van der Waals surface area contributed by atoms with Crippen LogP contribution in [0.15, 0.2) is 48.8 Å². The van der Waals surface area contributed by atoms with Crippen LogP contribution >= 0.6 is 0 Å². The number of aromatic nitrogens is 3. The monoisotopic (exact) mass is 377 g/mol. The smallest absolute Gasteiger partial charge is 0.418 e. The van der Waals surface area contributed by atoms with Gasteiger partial charge in [-0.25, -0.2) is 0 Å². The predicted molar refractivity (Wildman–Crippen MR) is 96.2 cm³/mol. The summed E-state index contributed by atoms with van der Waals surface area (Å²) in [6.45, 7) is 4.18. The first kappa shape index (κ1) is 18.6. The molecule has 0 aliphatic carbocycles. The summed E-state index contributed by atoms with van der Waals surface area (Å²) in [6, 6.07) is 14.8. The molecular formula is C17H16BF4N5. The van der Waals surface area contributed by atoms with Gasteiger partial charge in [-0.3, -0.25) is 4.57 Å². The van der Waals surface area contributed by atoms with Crippen molar-refractivity contribution in [2.24, 2.45) is 0 Å². The standard InChI is InChI=1S/C17H16N5.BF4/c1-12-3-6-14(7-4-12)10-22-16-9-13(2)5-8-15(16)21-11-18-19-17(21)20-22;2-1(3,4)5/h3-11H,1-2H3,(H,19,20);/q+1;-1/b22-10-;. The fourth-order valence-corrected chi connectivity index (χ4v) is 2.59. The molecule has 0 bridgehead atoms.